The Balaban J connectivity index is 1.56. The number of carbonyl (C=O) groups is 1. The predicted molar refractivity (Wildman–Crippen MR) is 119 cm³/mol. The summed E-state index contributed by atoms with van der Waals surface area (Å²) in [7, 11) is 0. The van der Waals surface area contributed by atoms with Gasteiger partial charge in [0.25, 0.3) is 5.91 Å². The largest absolute Gasteiger partial charge is 0.351 e. The van der Waals surface area contributed by atoms with Gasteiger partial charge in [0.2, 0.25) is 0 Å². The number of para-hydroxylation sites is 1. The number of pyridine rings is 1. The normalized spacial score (nSPS) is 15.2. The average molecular weight is 388 g/mol. The fourth-order valence-electron chi connectivity index (χ4n) is 4.20. The van der Waals surface area contributed by atoms with Crippen molar-refractivity contribution in [3.05, 3.63) is 65.9 Å². The minimum absolute atomic E-state index is 0.0134. The molecule has 0 aliphatic carbocycles. The molecule has 0 unspecified atom stereocenters. The van der Waals surface area contributed by atoms with Crippen LogP contribution in [0.25, 0.3) is 22.0 Å². The van der Waals surface area contributed by atoms with Gasteiger partial charge in [-0.25, -0.2) is 0 Å². The Morgan fingerprint density at radius 2 is 1.76 bits per heavy atom. The third-order valence-corrected chi connectivity index (χ3v) is 5.71. The number of aryl methyl sites for hydroxylation is 1. The number of benzene rings is 2. The molecule has 1 amide bonds. The molecule has 1 aliphatic heterocycles. The van der Waals surface area contributed by atoms with E-state index in [9.17, 15) is 4.79 Å². The van der Waals surface area contributed by atoms with Crippen molar-refractivity contribution < 1.29 is 4.79 Å². The lowest BCUT2D eigenvalue weighted by atomic mass is 9.98. The van der Waals surface area contributed by atoms with Crippen LogP contribution in [-0.4, -0.2) is 42.0 Å². The number of amides is 1. The molecule has 150 valence electrons. The minimum Gasteiger partial charge on any atom is -0.351 e. The number of aromatic nitrogens is 1. The number of nitrogens with zero attached hydrogens (tertiary/aromatic N) is 2. The third-order valence-electron chi connectivity index (χ3n) is 5.71. The van der Waals surface area contributed by atoms with Gasteiger partial charge in [-0.2, -0.15) is 0 Å². The number of fused-ring (bicyclic) bond motifs is 1. The summed E-state index contributed by atoms with van der Waals surface area (Å²) in [6.45, 7) is 5.85. The Hall–Kier alpha value is -2.72. The van der Waals surface area contributed by atoms with Crippen LogP contribution < -0.4 is 5.32 Å². The van der Waals surface area contributed by atoms with Crippen molar-refractivity contribution in [3.63, 3.8) is 0 Å². The second kappa shape index (κ2) is 9.19. The van der Waals surface area contributed by atoms with Crippen molar-refractivity contribution >= 4 is 16.8 Å². The second-order valence-electron chi connectivity index (χ2n) is 7.89. The molecule has 0 atom stereocenters. The van der Waals surface area contributed by atoms with Crippen molar-refractivity contribution in [2.24, 2.45) is 0 Å². The van der Waals surface area contributed by atoms with Crippen LogP contribution in [-0.2, 0) is 0 Å². The van der Waals surface area contributed by atoms with Gasteiger partial charge in [-0.3, -0.25) is 9.78 Å². The molecule has 1 saturated heterocycles. The summed E-state index contributed by atoms with van der Waals surface area (Å²) in [5.74, 6) is -0.0134. The first-order valence-corrected chi connectivity index (χ1v) is 10.7. The van der Waals surface area contributed by atoms with Crippen LogP contribution in [0.2, 0.25) is 0 Å². The van der Waals surface area contributed by atoms with E-state index in [2.05, 4.69) is 28.4 Å². The molecule has 1 aromatic heterocycles. The minimum atomic E-state index is -0.0134. The molecular formula is C25H29N3O. The van der Waals surface area contributed by atoms with E-state index in [1.165, 1.54) is 25.7 Å². The fourth-order valence-corrected chi connectivity index (χ4v) is 4.20. The highest BCUT2D eigenvalue weighted by atomic mass is 16.1. The van der Waals surface area contributed by atoms with Gasteiger partial charge >= 0.3 is 0 Å². The smallest absolute Gasteiger partial charge is 0.252 e. The fraction of sp³-hybridized carbons (Fsp3) is 0.360. The highest BCUT2D eigenvalue weighted by Gasteiger charge is 2.15. The van der Waals surface area contributed by atoms with Gasteiger partial charge in [0.15, 0.2) is 0 Å². The molecule has 4 heteroatoms. The Bertz CT molecular complexity index is 976. The van der Waals surface area contributed by atoms with Crippen molar-refractivity contribution in [1.29, 1.82) is 0 Å². The molecule has 0 radical (unpaired) electrons. The maximum absolute atomic E-state index is 13.0. The van der Waals surface area contributed by atoms with E-state index < -0.39 is 0 Å². The first-order chi connectivity index (χ1) is 14.2. The van der Waals surface area contributed by atoms with Crippen LogP contribution in [0.1, 0.15) is 41.7 Å². The SMILES string of the molecule is Cc1cc(C(=O)NCCN2CCCCCC2)c2cccc(-c3ccccc3)c2n1. The molecule has 2 heterocycles. The molecule has 0 bridgehead atoms. The number of carbonyl (C=O) groups excluding carboxylic acids is 1. The lowest BCUT2D eigenvalue weighted by Gasteiger charge is -2.20. The van der Waals surface area contributed by atoms with Gasteiger partial charge in [0, 0.05) is 29.7 Å². The Morgan fingerprint density at radius 3 is 2.52 bits per heavy atom. The maximum atomic E-state index is 13.0. The van der Waals surface area contributed by atoms with E-state index >= 15 is 0 Å². The average Bonchev–Trinajstić information content (AvgIpc) is 3.02. The van der Waals surface area contributed by atoms with E-state index in [0.29, 0.717) is 12.1 Å². The summed E-state index contributed by atoms with van der Waals surface area (Å²) in [6.07, 6.45) is 5.19. The lowest BCUT2D eigenvalue weighted by Crippen LogP contribution is -2.35. The monoisotopic (exact) mass is 387 g/mol. The summed E-state index contributed by atoms with van der Waals surface area (Å²) in [5.41, 5.74) is 4.63. The summed E-state index contributed by atoms with van der Waals surface area (Å²) < 4.78 is 0. The van der Waals surface area contributed by atoms with E-state index in [4.69, 9.17) is 4.98 Å². The number of hydrogen-bond acceptors (Lipinski definition) is 3. The van der Waals surface area contributed by atoms with Crippen molar-refractivity contribution in [3.8, 4) is 11.1 Å². The summed E-state index contributed by atoms with van der Waals surface area (Å²) >= 11 is 0. The summed E-state index contributed by atoms with van der Waals surface area (Å²) in [4.78, 5) is 20.3. The first kappa shape index (κ1) is 19.6. The first-order valence-electron chi connectivity index (χ1n) is 10.7. The molecule has 3 aromatic rings. The summed E-state index contributed by atoms with van der Waals surface area (Å²) in [6, 6.07) is 18.2. The van der Waals surface area contributed by atoms with E-state index in [0.717, 1.165) is 47.4 Å². The van der Waals surface area contributed by atoms with Gasteiger partial charge in [0.05, 0.1) is 11.1 Å². The standard InChI is InChI=1S/C25H29N3O/c1-19-18-23(25(29)26-14-17-28-15-7-2-3-8-16-28)22-13-9-12-21(24(22)27-19)20-10-5-4-6-11-20/h4-6,9-13,18H,2-3,7-8,14-17H2,1H3,(H,26,29). The Morgan fingerprint density at radius 1 is 1.00 bits per heavy atom. The molecule has 1 aliphatic rings. The number of likely N-dealkylation sites (tertiary alicyclic amines) is 1. The van der Waals surface area contributed by atoms with Gasteiger partial charge in [-0.15, -0.1) is 0 Å². The predicted octanol–water partition coefficient (Wildman–Crippen LogP) is 4.82. The molecule has 4 rings (SSSR count). The van der Waals surface area contributed by atoms with Crippen LogP contribution >= 0.6 is 0 Å². The van der Waals surface area contributed by atoms with Gasteiger partial charge < -0.3 is 10.2 Å². The molecular weight excluding hydrogens is 358 g/mol. The molecule has 4 nitrogen and oxygen atoms in total. The molecule has 0 saturated carbocycles. The van der Waals surface area contributed by atoms with Crippen LogP contribution in [0.3, 0.4) is 0 Å². The van der Waals surface area contributed by atoms with Crippen molar-refractivity contribution in [1.82, 2.24) is 15.2 Å². The molecule has 1 N–H and O–H groups in total. The van der Waals surface area contributed by atoms with Crippen LogP contribution in [0.5, 0.6) is 0 Å². The molecule has 2 aromatic carbocycles. The summed E-state index contributed by atoms with van der Waals surface area (Å²) in [5, 5.41) is 4.04. The van der Waals surface area contributed by atoms with Gasteiger partial charge in [-0.05, 0) is 44.5 Å². The molecule has 1 fully saturated rings. The second-order valence-corrected chi connectivity index (χ2v) is 7.89. The zero-order valence-corrected chi connectivity index (χ0v) is 17.2. The number of hydrogen-bond donors (Lipinski definition) is 1. The zero-order valence-electron chi connectivity index (χ0n) is 17.2. The number of rotatable bonds is 5. The maximum Gasteiger partial charge on any atom is 0.252 e. The van der Waals surface area contributed by atoms with Crippen LogP contribution in [0.4, 0.5) is 0 Å². The number of nitrogens with one attached hydrogen (secondary N) is 1. The van der Waals surface area contributed by atoms with Gasteiger partial charge in [0.1, 0.15) is 0 Å². The van der Waals surface area contributed by atoms with Crippen molar-refractivity contribution in [2.75, 3.05) is 26.2 Å². The molecule has 0 spiro atoms. The molecule has 29 heavy (non-hydrogen) atoms. The lowest BCUT2D eigenvalue weighted by molar-refractivity contribution is 0.0950. The zero-order chi connectivity index (χ0) is 20.1. The highest BCUT2D eigenvalue weighted by Crippen LogP contribution is 2.29. The van der Waals surface area contributed by atoms with E-state index in [1.54, 1.807) is 0 Å². The quantitative estimate of drug-likeness (QED) is 0.683. The Kier molecular flexibility index (Phi) is 6.20. The van der Waals surface area contributed by atoms with Gasteiger partial charge in [-0.1, -0.05) is 61.4 Å². The van der Waals surface area contributed by atoms with Crippen molar-refractivity contribution in [2.45, 2.75) is 32.6 Å². The van der Waals surface area contributed by atoms with E-state index in [1.807, 2.05) is 43.3 Å². The van der Waals surface area contributed by atoms with Crippen LogP contribution in [0.15, 0.2) is 54.6 Å². The topological polar surface area (TPSA) is 45.2 Å². The van der Waals surface area contributed by atoms with E-state index in [-0.39, 0.29) is 5.91 Å². The Labute approximate surface area is 173 Å². The third kappa shape index (κ3) is 4.65. The highest BCUT2D eigenvalue weighted by molar-refractivity contribution is 6.09. The van der Waals surface area contributed by atoms with Crippen LogP contribution in [0, 0.1) is 6.92 Å².